The van der Waals surface area contributed by atoms with Crippen LogP contribution in [0.2, 0.25) is 0 Å². The highest BCUT2D eigenvalue weighted by atomic mass is 127. The first-order valence-electron chi connectivity index (χ1n) is 9.12. The molecule has 1 aliphatic heterocycles. The molecule has 2 aromatic rings. The molecule has 0 spiro atoms. The zero-order valence-corrected chi connectivity index (χ0v) is 17.9. The van der Waals surface area contributed by atoms with Crippen molar-refractivity contribution in [2.24, 2.45) is 10.7 Å². The lowest BCUT2D eigenvalue weighted by Gasteiger charge is -2.31. The van der Waals surface area contributed by atoms with E-state index in [2.05, 4.69) is 34.6 Å². The van der Waals surface area contributed by atoms with Gasteiger partial charge in [-0.2, -0.15) is 0 Å². The Kier molecular flexibility index (Phi) is 8.15. The van der Waals surface area contributed by atoms with E-state index < -0.39 is 0 Å². The Bertz CT molecular complexity index is 783. The fraction of sp³-hybridized carbons (Fsp3) is 0.400. The third-order valence-corrected chi connectivity index (χ3v) is 4.67. The zero-order valence-electron chi connectivity index (χ0n) is 15.6. The predicted molar refractivity (Wildman–Crippen MR) is 119 cm³/mol. The van der Waals surface area contributed by atoms with E-state index in [0.29, 0.717) is 32.2 Å². The lowest BCUT2D eigenvalue weighted by Crippen LogP contribution is -2.48. The van der Waals surface area contributed by atoms with Crippen molar-refractivity contribution in [1.29, 1.82) is 0 Å². The fourth-order valence-corrected chi connectivity index (χ4v) is 3.28. The van der Waals surface area contributed by atoms with Crippen LogP contribution in [0.1, 0.15) is 25.3 Å². The maximum atomic E-state index is 11.7. The fourth-order valence-electron chi connectivity index (χ4n) is 3.28. The van der Waals surface area contributed by atoms with Crippen LogP contribution in [0.5, 0.6) is 0 Å². The van der Waals surface area contributed by atoms with Gasteiger partial charge in [0.1, 0.15) is 0 Å². The Morgan fingerprint density at radius 1 is 1.22 bits per heavy atom. The normalized spacial score (nSPS) is 15.3. The van der Waals surface area contributed by atoms with Crippen LogP contribution in [-0.2, 0) is 11.3 Å². The summed E-state index contributed by atoms with van der Waals surface area (Å²) in [5, 5.41) is 5.69. The minimum Gasteiger partial charge on any atom is -0.450 e. The van der Waals surface area contributed by atoms with Crippen molar-refractivity contribution in [2.45, 2.75) is 32.4 Å². The van der Waals surface area contributed by atoms with Crippen LogP contribution in [0.15, 0.2) is 47.5 Å². The number of carbonyl (C=O) groups is 1. The number of ether oxygens (including phenoxy) is 1. The van der Waals surface area contributed by atoms with Crippen molar-refractivity contribution in [1.82, 2.24) is 10.2 Å². The molecular formula is C20H27IN4O2. The molecule has 0 aromatic heterocycles. The SMILES string of the molecule is CCOC(=O)N1CCC(NC(N)=NCc2cccc3ccccc23)CC1.I. The summed E-state index contributed by atoms with van der Waals surface area (Å²) in [4.78, 5) is 18.0. The Balaban J connectivity index is 0.00000261. The number of hydrogen-bond donors (Lipinski definition) is 2. The van der Waals surface area contributed by atoms with Gasteiger partial charge in [-0.05, 0) is 36.1 Å². The van der Waals surface area contributed by atoms with Crippen molar-refractivity contribution < 1.29 is 9.53 Å². The topological polar surface area (TPSA) is 80.0 Å². The van der Waals surface area contributed by atoms with Gasteiger partial charge in [-0.15, -0.1) is 24.0 Å². The number of amides is 1. The number of likely N-dealkylation sites (tertiary alicyclic amines) is 1. The Hall–Kier alpha value is -2.03. The average molecular weight is 482 g/mol. The number of guanidine groups is 1. The third kappa shape index (κ3) is 5.72. The van der Waals surface area contributed by atoms with Gasteiger partial charge in [-0.1, -0.05) is 42.5 Å². The number of rotatable bonds is 4. The van der Waals surface area contributed by atoms with E-state index in [1.54, 1.807) is 4.90 Å². The molecule has 6 nitrogen and oxygen atoms in total. The smallest absolute Gasteiger partial charge is 0.409 e. The molecule has 0 unspecified atom stereocenters. The highest BCUT2D eigenvalue weighted by Crippen LogP contribution is 2.19. The second-order valence-corrected chi connectivity index (χ2v) is 6.44. The van der Waals surface area contributed by atoms with Crippen LogP contribution in [0.3, 0.4) is 0 Å². The number of nitrogens with one attached hydrogen (secondary N) is 1. The van der Waals surface area contributed by atoms with Crippen LogP contribution < -0.4 is 11.1 Å². The molecular weight excluding hydrogens is 455 g/mol. The highest BCUT2D eigenvalue weighted by Gasteiger charge is 2.23. The van der Waals surface area contributed by atoms with Crippen LogP contribution in [0.25, 0.3) is 10.8 Å². The molecule has 1 fully saturated rings. The number of halogens is 1. The summed E-state index contributed by atoms with van der Waals surface area (Å²) >= 11 is 0. The molecule has 1 amide bonds. The quantitative estimate of drug-likeness (QED) is 0.398. The number of carbonyl (C=O) groups excluding carboxylic acids is 1. The average Bonchev–Trinajstić information content (AvgIpc) is 2.67. The maximum absolute atomic E-state index is 11.7. The van der Waals surface area contributed by atoms with Gasteiger partial charge in [-0.25, -0.2) is 9.79 Å². The van der Waals surface area contributed by atoms with E-state index >= 15 is 0 Å². The summed E-state index contributed by atoms with van der Waals surface area (Å²) in [7, 11) is 0. The second-order valence-electron chi connectivity index (χ2n) is 6.44. The molecule has 1 aliphatic rings. The maximum Gasteiger partial charge on any atom is 0.409 e. The van der Waals surface area contributed by atoms with E-state index in [1.807, 2.05) is 25.1 Å². The standard InChI is InChI=1S/C20H26N4O2.HI/c1-2-26-20(25)24-12-10-17(11-13-24)23-19(21)22-14-16-8-5-7-15-6-3-4-9-18(15)16;/h3-9,17H,2,10-14H2,1H3,(H3,21,22,23);1H. The molecule has 27 heavy (non-hydrogen) atoms. The minimum absolute atomic E-state index is 0. The highest BCUT2D eigenvalue weighted by molar-refractivity contribution is 14.0. The van der Waals surface area contributed by atoms with Gasteiger partial charge in [0, 0.05) is 19.1 Å². The summed E-state index contributed by atoms with van der Waals surface area (Å²) in [6.45, 7) is 4.12. The van der Waals surface area contributed by atoms with Crippen molar-refractivity contribution in [3.05, 3.63) is 48.0 Å². The van der Waals surface area contributed by atoms with E-state index in [4.69, 9.17) is 10.5 Å². The van der Waals surface area contributed by atoms with Crippen molar-refractivity contribution in [2.75, 3.05) is 19.7 Å². The van der Waals surface area contributed by atoms with E-state index in [0.717, 1.165) is 18.4 Å². The van der Waals surface area contributed by atoms with Gasteiger partial charge in [-0.3, -0.25) is 0 Å². The molecule has 0 aliphatic carbocycles. The van der Waals surface area contributed by atoms with Crippen molar-refractivity contribution in [3.63, 3.8) is 0 Å². The minimum atomic E-state index is -0.233. The first-order chi connectivity index (χ1) is 12.7. The largest absolute Gasteiger partial charge is 0.450 e. The van der Waals surface area contributed by atoms with Gasteiger partial charge >= 0.3 is 6.09 Å². The first-order valence-corrected chi connectivity index (χ1v) is 9.12. The molecule has 0 saturated carbocycles. The molecule has 1 heterocycles. The summed E-state index contributed by atoms with van der Waals surface area (Å²) < 4.78 is 5.04. The number of fused-ring (bicyclic) bond motifs is 1. The van der Waals surface area contributed by atoms with Crippen LogP contribution >= 0.6 is 24.0 Å². The number of aliphatic imine (C=N–C) groups is 1. The molecule has 3 rings (SSSR count). The van der Waals surface area contributed by atoms with E-state index in [9.17, 15) is 4.79 Å². The number of nitrogens with zero attached hydrogens (tertiary/aromatic N) is 2. The number of piperidine rings is 1. The van der Waals surface area contributed by atoms with E-state index in [1.165, 1.54) is 10.8 Å². The lowest BCUT2D eigenvalue weighted by atomic mass is 10.0. The van der Waals surface area contributed by atoms with Crippen molar-refractivity contribution >= 4 is 46.8 Å². The Morgan fingerprint density at radius 3 is 2.67 bits per heavy atom. The van der Waals surface area contributed by atoms with Crippen molar-refractivity contribution in [3.8, 4) is 0 Å². The monoisotopic (exact) mass is 482 g/mol. The molecule has 2 aromatic carbocycles. The molecule has 3 N–H and O–H groups in total. The van der Waals surface area contributed by atoms with Crippen LogP contribution in [0, 0.1) is 0 Å². The van der Waals surface area contributed by atoms with Crippen LogP contribution in [-0.4, -0.2) is 42.7 Å². The number of benzene rings is 2. The van der Waals surface area contributed by atoms with Gasteiger partial charge < -0.3 is 20.7 Å². The lowest BCUT2D eigenvalue weighted by molar-refractivity contribution is 0.0963. The third-order valence-electron chi connectivity index (χ3n) is 4.67. The molecule has 0 atom stereocenters. The number of nitrogens with two attached hydrogens (primary N) is 1. The summed E-state index contributed by atoms with van der Waals surface area (Å²) in [6.07, 6.45) is 1.44. The summed E-state index contributed by atoms with van der Waals surface area (Å²) in [5.41, 5.74) is 7.23. The second kappa shape index (κ2) is 10.3. The molecule has 1 saturated heterocycles. The molecule has 0 bridgehead atoms. The molecule has 7 heteroatoms. The van der Waals surface area contributed by atoms with Gasteiger partial charge in [0.15, 0.2) is 5.96 Å². The molecule has 0 radical (unpaired) electrons. The first kappa shape index (κ1) is 21.3. The Morgan fingerprint density at radius 2 is 1.93 bits per heavy atom. The zero-order chi connectivity index (χ0) is 18.4. The summed E-state index contributed by atoms with van der Waals surface area (Å²) in [6, 6.07) is 14.7. The number of hydrogen-bond acceptors (Lipinski definition) is 3. The van der Waals surface area contributed by atoms with Gasteiger partial charge in [0.2, 0.25) is 0 Å². The van der Waals surface area contributed by atoms with E-state index in [-0.39, 0.29) is 36.1 Å². The van der Waals surface area contributed by atoms with Gasteiger partial charge in [0.25, 0.3) is 0 Å². The predicted octanol–water partition coefficient (Wildman–Crippen LogP) is 3.48. The Labute approximate surface area is 177 Å². The summed E-state index contributed by atoms with van der Waals surface area (Å²) in [5.74, 6) is 0.451. The van der Waals surface area contributed by atoms with Gasteiger partial charge in [0.05, 0.1) is 13.2 Å². The van der Waals surface area contributed by atoms with Crippen LogP contribution in [0.4, 0.5) is 4.79 Å². The molecule has 146 valence electrons.